The highest BCUT2D eigenvalue weighted by Gasteiger charge is 2.32. The molecule has 3 aromatic rings. The van der Waals surface area contributed by atoms with Crippen molar-refractivity contribution in [3.05, 3.63) is 71.8 Å². The van der Waals surface area contributed by atoms with E-state index in [0.29, 0.717) is 16.6 Å². The first kappa shape index (κ1) is 28.6. The number of benzene rings is 2. The zero-order valence-corrected chi connectivity index (χ0v) is 21.7. The van der Waals surface area contributed by atoms with Crippen LogP contribution in [0.1, 0.15) is 56.1 Å². The third-order valence-corrected chi connectivity index (χ3v) is 6.13. The molecule has 4 N–H and O–H groups in total. The summed E-state index contributed by atoms with van der Waals surface area (Å²) in [5.74, 6) is -3.03. The molecule has 10 heteroatoms. The molecule has 0 radical (unpaired) electrons. The van der Waals surface area contributed by atoms with Crippen molar-refractivity contribution >= 4 is 28.8 Å². The van der Waals surface area contributed by atoms with Gasteiger partial charge in [-0.2, -0.15) is 0 Å². The molecule has 38 heavy (non-hydrogen) atoms. The van der Waals surface area contributed by atoms with E-state index in [1.807, 2.05) is 6.07 Å². The van der Waals surface area contributed by atoms with Crippen LogP contribution in [0.4, 0.5) is 4.39 Å². The normalized spacial score (nSPS) is 13.9. The number of para-hydroxylation sites is 2. The van der Waals surface area contributed by atoms with Gasteiger partial charge >= 0.3 is 5.97 Å². The monoisotopic (exact) mass is 524 g/mol. The number of aromatic nitrogens is 2. The predicted molar refractivity (Wildman–Crippen MR) is 139 cm³/mol. The minimum Gasteiger partial charge on any atom is -0.460 e. The van der Waals surface area contributed by atoms with Crippen LogP contribution in [0.3, 0.4) is 0 Å². The van der Waals surface area contributed by atoms with Crippen molar-refractivity contribution in [1.82, 2.24) is 15.3 Å². The van der Waals surface area contributed by atoms with E-state index in [-0.39, 0.29) is 31.4 Å². The highest BCUT2D eigenvalue weighted by atomic mass is 19.1. The van der Waals surface area contributed by atoms with E-state index in [9.17, 15) is 23.9 Å². The largest absolute Gasteiger partial charge is 0.460 e. The van der Waals surface area contributed by atoms with Crippen molar-refractivity contribution in [2.24, 2.45) is 11.7 Å². The van der Waals surface area contributed by atoms with Crippen molar-refractivity contribution in [3.63, 3.8) is 0 Å². The maximum Gasteiger partial charge on any atom is 0.302 e. The summed E-state index contributed by atoms with van der Waals surface area (Å²) < 4.78 is 19.5. The Morgan fingerprint density at radius 1 is 1.13 bits per heavy atom. The van der Waals surface area contributed by atoms with Gasteiger partial charge in [-0.25, -0.2) is 9.37 Å². The summed E-state index contributed by atoms with van der Waals surface area (Å²) in [5, 5.41) is 13.0. The molecule has 0 unspecified atom stereocenters. The molecule has 0 aliphatic carbocycles. The summed E-state index contributed by atoms with van der Waals surface area (Å²) in [6, 6.07) is 12.1. The number of carbonyl (C=O) groups excluding carboxylic acids is 3. The highest BCUT2D eigenvalue weighted by Crippen LogP contribution is 2.24. The van der Waals surface area contributed by atoms with Gasteiger partial charge in [0.1, 0.15) is 17.6 Å². The van der Waals surface area contributed by atoms with Crippen molar-refractivity contribution in [1.29, 1.82) is 0 Å². The number of carbonyl (C=O) groups is 3. The second kappa shape index (κ2) is 12.6. The first-order chi connectivity index (χ1) is 17.9. The van der Waals surface area contributed by atoms with Crippen molar-refractivity contribution in [3.8, 4) is 0 Å². The standard InChI is InChI=1S/C28H33FN4O5/c1-17(34)38-25(15-19(26(30)35)11-12-28(2,3)37)23(14-18-7-6-8-20(29)13-18)33-27(36)24-16-31-21-9-4-5-10-22(21)32-24/h4-10,13,16,19,23,25,37H,11-12,14-15H2,1-3H3,(H2,30,35)(H,33,36)/t19-,23+,25-/m1/s1. The van der Waals surface area contributed by atoms with Gasteiger partial charge in [0.05, 0.1) is 28.9 Å². The molecule has 1 heterocycles. The molecule has 3 rings (SSSR count). The summed E-state index contributed by atoms with van der Waals surface area (Å²) in [4.78, 5) is 46.3. The van der Waals surface area contributed by atoms with Gasteiger partial charge in [0.15, 0.2) is 0 Å². The molecule has 0 saturated heterocycles. The number of amides is 2. The quantitative estimate of drug-likeness (QED) is 0.309. The number of aliphatic hydroxyl groups is 1. The van der Waals surface area contributed by atoms with Gasteiger partial charge in [0.25, 0.3) is 5.91 Å². The van der Waals surface area contributed by atoms with Gasteiger partial charge in [-0.15, -0.1) is 0 Å². The van der Waals surface area contributed by atoms with E-state index in [2.05, 4.69) is 15.3 Å². The predicted octanol–water partition coefficient (Wildman–Crippen LogP) is 3.08. The molecule has 202 valence electrons. The van der Waals surface area contributed by atoms with Gasteiger partial charge in [0.2, 0.25) is 5.91 Å². The van der Waals surface area contributed by atoms with E-state index in [1.54, 1.807) is 38.1 Å². The number of nitrogens with zero attached hydrogens (tertiary/aromatic N) is 2. The molecule has 2 aromatic carbocycles. The number of hydrogen-bond donors (Lipinski definition) is 3. The van der Waals surface area contributed by atoms with Crippen LogP contribution in [-0.2, 0) is 20.7 Å². The van der Waals surface area contributed by atoms with Crippen LogP contribution in [0.2, 0.25) is 0 Å². The van der Waals surface area contributed by atoms with Crippen molar-refractivity contribution in [2.75, 3.05) is 0 Å². The summed E-state index contributed by atoms with van der Waals surface area (Å²) in [7, 11) is 0. The number of nitrogens with two attached hydrogens (primary N) is 1. The molecule has 2 amide bonds. The molecule has 0 aliphatic rings. The van der Waals surface area contributed by atoms with Gasteiger partial charge in [-0.05, 0) is 69.4 Å². The average Bonchev–Trinajstić information content (AvgIpc) is 2.84. The number of hydrogen-bond acceptors (Lipinski definition) is 7. The van der Waals surface area contributed by atoms with E-state index in [0.717, 1.165) is 0 Å². The van der Waals surface area contributed by atoms with Crippen LogP contribution < -0.4 is 11.1 Å². The second-order valence-corrected chi connectivity index (χ2v) is 9.99. The molecule has 0 saturated carbocycles. The summed E-state index contributed by atoms with van der Waals surface area (Å²) in [6.07, 6.45) is 0.975. The molecule has 1 aromatic heterocycles. The Hall–Kier alpha value is -3.92. The minimum absolute atomic E-state index is 0.00530. The second-order valence-electron chi connectivity index (χ2n) is 9.99. The number of fused-ring (bicyclic) bond motifs is 1. The molecule has 0 spiro atoms. The fraction of sp³-hybridized carbons (Fsp3) is 0.393. The lowest BCUT2D eigenvalue weighted by atomic mass is 9.87. The molecular weight excluding hydrogens is 491 g/mol. The molecule has 9 nitrogen and oxygen atoms in total. The number of esters is 1. The summed E-state index contributed by atoms with van der Waals surface area (Å²) in [6.45, 7) is 4.46. The molecule has 0 bridgehead atoms. The van der Waals surface area contributed by atoms with Crippen LogP contribution in [0.5, 0.6) is 0 Å². The van der Waals surface area contributed by atoms with E-state index in [1.165, 1.54) is 31.3 Å². The van der Waals surface area contributed by atoms with Gasteiger partial charge in [-0.1, -0.05) is 24.3 Å². The van der Waals surface area contributed by atoms with E-state index < -0.39 is 47.3 Å². The summed E-state index contributed by atoms with van der Waals surface area (Å²) in [5.41, 5.74) is 6.35. The number of rotatable bonds is 12. The maximum atomic E-state index is 14.0. The lowest BCUT2D eigenvalue weighted by Crippen LogP contribution is -2.48. The first-order valence-corrected chi connectivity index (χ1v) is 12.4. The highest BCUT2D eigenvalue weighted by molar-refractivity contribution is 5.94. The zero-order chi connectivity index (χ0) is 27.9. The number of halogens is 1. The number of ether oxygens (including phenoxy) is 1. The molecule has 3 atom stereocenters. The van der Waals surface area contributed by atoms with Crippen LogP contribution in [0.15, 0.2) is 54.7 Å². The Kier molecular flexibility index (Phi) is 9.46. The Morgan fingerprint density at radius 3 is 2.47 bits per heavy atom. The third-order valence-electron chi connectivity index (χ3n) is 6.13. The van der Waals surface area contributed by atoms with Gasteiger partial charge in [0, 0.05) is 12.8 Å². The lowest BCUT2D eigenvalue weighted by molar-refractivity contribution is -0.149. The SMILES string of the molecule is CC(=O)O[C@H](C[C@@H](CCC(C)(C)O)C(N)=O)[C@H](Cc1cccc(F)c1)NC(=O)c1cnc2ccccc2n1. The van der Waals surface area contributed by atoms with Crippen molar-refractivity contribution in [2.45, 2.75) is 64.2 Å². The van der Waals surface area contributed by atoms with Crippen LogP contribution in [0.25, 0.3) is 11.0 Å². The first-order valence-electron chi connectivity index (χ1n) is 12.4. The van der Waals surface area contributed by atoms with Gasteiger partial charge in [-0.3, -0.25) is 19.4 Å². The Labute approximate surface area is 220 Å². The fourth-order valence-electron chi connectivity index (χ4n) is 4.19. The maximum absolute atomic E-state index is 14.0. The van der Waals surface area contributed by atoms with Crippen LogP contribution in [-0.4, -0.2) is 50.6 Å². The van der Waals surface area contributed by atoms with Gasteiger partial charge < -0.3 is 20.9 Å². The fourth-order valence-corrected chi connectivity index (χ4v) is 4.19. The van der Waals surface area contributed by atoms with Crippen molar-refractivity contribution < 1.29 is 28.6 Å². The van der Waals surface area contributed by atoms with E-state index in [4.69, 9.17) is 10.5 Å². The topological polar surface area (TPSA) is 144 Å². The van der Waals surface area contributed by atoms with E-state index >= 15 is 0 Å². The minimum atomic E-state index is -1.03. The van der Waals surface area contributed by atoms with Crippen LogP contribution >= 0.6 is 0 Å². The Bertz CT molecular complexity index is 1290. The molecule has 0 aliphatic heterocycles. The number of nitrogens with one attached hydrogen (secondary N) is 1. The Morgan fingerprint density at radius 2 is 1.84 bits per heavy atom. The average molecular weight is 525 g/mol. The lowest BCUT2D eigenvalue weighted by Gasteiger charge is -2.30. The summed E-state index contributed by atoms with van der Waals surface area (Å²) >= 11 is 0. The zero-order valence-electron chi connectivity index (χ0n) is 21.7. The third kappa shape index (κ3) is 8.58. The molecular formula is C28H33FN4O5. The Balaban J connectivity index is 1.93. The van der Waals surface area contributed by atoms with Crippen LogP contribution in [0, 0.1) is 11.7 Å². The molecule has 0 fully saturated rings. The number of primary amides is 1. The smallest absolute Gasteiger partial charge is 0.302 e.